The van der Waals surface area contributed by atoms with Crippen LogP contribution >= 0.6 is 0 Å². The highest BCUT2D eigenvalue weighted by molar-refractivity contribution is 6.39. The minimum Gasteiger partial charge on any atom is -0.341 e. The van der Waals surface area contributed by atoms with Crippen LogP contribution in [-0.4, -0.2) is 11.8 Å². The molecule has 1 atom stereocenters. The molecule has 0 saturated carbocycles. The molecule has 0 bridgehead atoms. The van der Waals surface area contributed by atoms with E-state index in [1.165, 1.54) is 0 Å². The molecule has 4 nitrogen and oxygen atoms in total. The summed E-state index contributed by atoms with van der Waals surface area (Å²) in [6.07, 6.45) is 0.878. The van der Waals surface area contributed by atoms with Crippen LogP contribution in [0.4, 0.5) is 18.9 Å². The van der Waals surface area contributed by atoms with Crippen molar-refractivity contribution in [2.24, 2.45) is 0 Å². The van der Waals surface area contributed by atoms with Crippen molar-refractivity contribution in [3.8, 4) is 0 Å². The SMILES string of the molecule is CCc1ccc(C(C)NC(=O)C(=O)Nc2ccc(F)c(F)c2F)cc1. The van der Waals surface area contributed by atoms with Gasteiger partial charge in [0.2, 0.25) is 0 Å². The van der Waals surface area contributed by atoms with E-state index in [0.29, 0.717) is 6.07 Å². The third kappa shape index (κ3) is 4.37. The van der Waals surface area contributed by atoms with Crippen molar-refractivity contribution in [2.75, 3.05) is 5.32 Å². The number of carbonyl (C=O) groups excluding carboxylic acids is 2. The number of halogens is 3. The molecule has 0 saturated heterocycles. The molecule has 2 amide bonds. The molecule has 0 aliphatic heterocycles. The zero-order valence-corrected chi connectivity index (χ0v) is 13.7. The minimum absolute atomic E-state index is 0.459. The summed E-state index contributed by atoms with van der Waals surface area (Å²) in [5, 5.41) is 4.38. The zero-order valence-electron chi connectivity index (χ0n) is 13.7. The highest BCUT2D eigenvalue weighted by Crippen LogP contribution is 2.19. The predicted molar refractivity (Wildman–Crippen MR) is 87.3 cm³/mol. The number of rotatable bonds is 4. The Morgan fingerprint density at radius 3 is 2.20 bits per heavy atom. The van der Waals surface area contributed by atoms with Gasteiger partial charge in [0.25, 0.3) is 0 Å². The molecule has 0 aliphatic rings. The molecule has 0 spiro atoms. The van der Waals surface area contributed by atoms with Crippen LogP contribution in [-0.2, 0) is 16.0 Å². The summed E-state index contributed by atoms with van der Waals surface area (Å²) in [7, 11) is 0. The molecule has 1 unspecified atom stereocenters. The molecule has 2 rings (SSSR count). The Kier molecular flexibility index (Phi) is 5.80. The first-order valence-corrected chi connectivity index (χ1v) is 7.67. The number of benzene rings is 2. The van der Waals surface area contributed by atoms with Gasteiger partial charge in [-0.15, -0.1) is 0 Å². The van der Waals surface area contributed by atoms with Crippen LogP contribution in [0.3, 0.4) is 0 Å². The Balaban J connectivity index is 2.02. The number of aryl methyl sites for hydroxylation is 1. The summed E-state index contributed by atoms with van der Waals surface area (Å²) in [5.74, 6) is -6.87. The zero-order chi connectivity index (χ0) is 18.6. The maximum absolute atomic E-state index is 13.5. The second-order valence-corrected chi connectivity index (χ2v) is 5.47. The van der Waals surface area contributed by atoms with Gasteiger partial charge in [-0.3, -0.25) is 9.59 Å². The lowest BCUT2D eigenvalue weighted by atomic mass is 10.1. The van der Waals surface area contributed by atoms with Gasteiger partial charge in [-0.2, -0.15) is 0 Å². The van der Waals surface area contributed by atoms with Gasteiger partial charge in [-0.05, 0) is 36.6 Å². The van der Waals surface area contributed by atoms with Gasteiger partial charge in [0, 0.05) is 0 Å². The predicted octanol–water partition coefficient (Wildman–Crippen LogP) is 3.48. The van der Waals surface area contributed by atoms with E-state index in [4.69, 9.17) is 0 Å². The van der Waals surface area contributed by atoms with E-state index in [1.54, 1.807) is 6.92 Å². The molecule has 2 aromatic carbocycles. The van der Waals surface area contributed by atoms with E-state index in [9.17, 15) is 22.8 Å². The first-order valence-electron chi connectivity index (χ1n) is 7.67. The van der Waals surface area contributed by atoms with Crippen molar-refractivity contribution >= 4 is 17.5 Å². The van der Waals surface area contributed by atoms with Crippen LogP contribution in [0, 0.1) is 17.5 Å². The van der Waals surface area contributed by atoms with Gasteiger partial charge >= 0.3 is 11.8 Å². The van der Waals surface area contributed by atoms with Crippen molar-refractivity contribution in [3.05, 3.63) is 65.0 Å². The summed E-state index contributed by atoms with van der Waals surface area (Å²) < 4.78 is 39.5. The van der Waals surface area contributed by atoms with Gasteiger partial charge in [0.1, 0.15) is 0 Å². The molecule has 0 heterocycles. The number of amides is 2. The van der Waals surface area contributed by atoms with Crippen LogP contribution in [0.1, 0.15) is 31.0 Å². The van der Waals surface area contributed by atoms with E-state index in [2.05, 4.69) is 5.32 Å². The third-order valence-electron chi connectivity index (χ3n) is 3.73. The lowest BCUT2D eigenvalue weighted by Crippen LogP contribution is -2.37. The number of hydrogen-bond acceptors (Lipinski definition) is 2. The quantitative estimate of drug-likeness (QED) is 0.655. The van der Waals surface area contributed by atoms with Crippen LogP contribution in [0.5, 0.6) is 0 Å². The maximum atomic E-state index is 13.5. The normalized spacial score (nSPS) is 11.7. The Morgan fingerprint density at radius 2 is 1.60 bits per heavy atom. The second-order valence-electron chi connectivity index (χ2n) is 5.47. The van der Waals surface area contributed by atoms with Crippen molar-refractivity contribution in [3.63, 3.8) is 0 Å². The molecular weight excluding hydrogens is 333 g/mol. The Labute approximate surface area is 143 Å². The van der Waals surface area contributed by atoms with Gasteiger partial charge in [-0.25, -0.2) is 13.2 Å². The third-order valence-corrected chi connectivity index (χ3v) is 3.73. The fraction of sp³-hybridized carbons (Fsp3) is 0.222. The van der Waals surface area contributed by atoms with Crippen molar-refractivity contribution < 1.29 is 22.8 Å². The summed E-state index contributed by atoms with van der Waals surface area (Å²) >= 11 is 0. The molecule has 0 aliphatic carbocycles. The molecule has 2 N–H and O–H groups in total. The number of hydrogen-bond donors (Lipinski definition) is 2. The van der Waals surface area contributed by atoms with Crippen LogP contribution in [0.15, 0.2) is 36.4 Å². The molecule has 7 heteroatoms. The van der Waals surface area contributed by atoms with E-state index >= 15 is 0 Å². The standard InChI is InChI=1S/C18H17F3N2O2/c1-3-11-4-6-12(7-5-11)10(2)22-17(24)18(25)23-14-9-8-13(19)15(20)16(14)21/h4-10H,3H2,1-2H3,(H,22,24)(H,23,25). The van der Waals surface area contributed by atoms with E-state index in [1.807, 2.05) is 36.5 Å². The Morgan fingerprint density at radius 1 is 0.960 bits per heavy atom. The lowest BCUT2D eigenvalue weighted by Gasteiger charge is -2.15. The largest absolute Gasteiger partial charge is 0.341 e. The minimum atomic E-state index is -1.72. The molecular formula is C18H17F3N2O2. The maximum Gasteiger partial charge on any atom is 0.313 e. The summed E-state index contributed by atoms with van der Waals surface area (Å²) in [6, 6.07) is 8.52. The van der Waals surface area contributed by atoms with Crippen LogP contribution in [0.2, 0.25) is 0 Å². The van der Waals surface area contributed by atoms with E-state index < -0.39 is 41.0 Å². The fourth-order valence-electron chi connectivity index (χ4n) is 2.19. The topological polar surface area (TPSA) is 58.2 Å². The van der Waals surface area contributed by atoms with E-state index in [-0.39, 0.29) is 0 Å². The van der Waals surface area contributed by atoms with Crippen LogP contribution in [0.25, 0.3) is 0 Å². The van der Waals surface area contributed by atoms with Crippen molar-refractivity contribution in [2.45, 2.75) is 26.3 Å². The lowest BCUT2D eigenvalue weighted by molar-refractivity contribution is -0.136. The summed E-state index contributed by atoms with van der Waals surface area (Å²) in [5.41, 5.74) is 1.31. The first-order chi connectivity index (χ1) is 11.8. The molecule has 132 valence electrons. The smallest absolute Gasteiger partial charge is 0.313 e. The fourth-order valence-corrected chi connectivity index (χ4v) is 2.19. The van der Waals surface area contributed by atoms with Crippen LogP contribution < -0.4 is 10.6 Å². The molecule has 2 aromatic rings. The van der Waals surface area contributed by atoms with Gasteiger partial charge in [0.05, 0.1) is 11.7 Å². The van der Waals surface area contributed by atoms with Gasteiger partial charge in [0.15, 0.2) is 17.5 Å². The van der Waals surface area contributed by atoms with Crippen molar-refractivity contribution in [1.29, 1.82) is 0 Å². The number of carbonyl (C=O) groups is 2. The molecule has 0 radical (unpaired) electrons. The first kappa shape index (κ1) is 18.5. The van der Waals surface area contributed by atoms with Gasteiger partial charge in [-0.1, -0.05) is 31.2 Å². The molecule has 0 fully saturated rings. The molecule has 25 heavy (non-hydrogen) atoms. The van der Waals surface area contributed by atoms with Gasteiger partial charge < -0.3 is 10.6 Å². The average molecular weight is 350 g/mol. The van der Waals surface area contributed by atoms with E-state index in [0.717, 1.165) is 23.6 Å². The molecule has 0 aromatic heterocycles. The second kappa shape index (κ2) is 7.83. The summed E-state index contributed by atoms with van der Waals surface area (Å²) in [6.45, 7) is 3.70. The monoisotopic (exact) mass is 350 g/mol. The average Bonchev–Trinajstić information content (AvgIpc) is 2.62. The van der Waals surface area contributed by atoms with Crippen molar-refractivity contribution in [1.82, 2.24) is 5.32 Å². The number of anilines is 1. The highest BCUT2D eigenvalue weighted by atomic mass is 19.2. The summed E-state index contributed by atoms with van der Waals surface area (Å²) in [4.78, 5) is 23.7. The highest BCUT2D eigenvalue weighted by Gasteiger charge is 2.20. The Hall–Kier alpha value is -2.83. The Bertz CT molecular complexity index is 792. The number of nitrogens with one attached hydrogen (secondary N) is 2.